The third kappa shape index (κ3) is 4.51. The van der Waals surface area contributed by atoms with Gasteiger partial charge in [-0.3, -0.25) is 0 Å². The molecule has 0 saturated heterocycles. The molecular weight excluding hydrogens is 206 g/mol. The summed E-state index contributed by atoms with van der Waals surface area (Å²) in [5.41, 5.74) is 2.80. The molecule has 0 aliphatic rings. The predicted octanol–water partition coefficient (Wildman–Crippen LogP) is 4.01. The fourth-order valence-electron chi connectivity index (χ4n) is 2.42. The molecule has 0 spiro atoms. The number of hydrogen-bond donors (Lipinski definition) is 1. The predicted molar refractivity (Wildman–Crippen MR) is 76.1 cm³/mol. The van der Waals surface area contributed by atoms with E-state index in [1.165, 1.54) is 11.1 Å². The fraction of sp³-hybridized carbons (Fsp3) is 0.625. The van der Waals surface area contributed by atoms with E-state index in [4.69, 9.17) is 0 Å². The Morgan fingerprint density at radius 1 is 1.00 bits per heavy atom. The molecule has 0 aliphatic heterocycles. The number of benzene rings is 1. The summed E-state index contributed by atoms with van der Waals surface area (Å²) in [6.45, 7) is 13.6. The highest BCUT2D eigenvalue weighted by Gasteiger charge is 2.16. The zero-order chi connectivity index (χ0) is 12.8. The van der Waals surface area contributed by atoms with Crippen LogP contribution >= 0.6 is 0 Å². The van der Waals surface area contributed by atoms with Crippen LogP contribution in [0, 0.1) is 24.7 Å². The van der Waals surface area contributed by atoms with E-state index in [2.05, 4.69) is 64.2 Å². The first kappa shape index (κ1) is 14.2. The SMILES string of the molecule is Cc1ccccc1CNCC(C(C)C)C(C)C. The Morgan fingerprint density at radius 2 is 1.59 bits per heavy atom. The van der Waals surface area contributed by atoms with Crippen LogP contribution < -0.4 is 5.32 Å². The van der Waals surface area contributed by atoms with E-state index in [1.807, 2.05) is 0 Å². The average Bonchev–Trinajstić information content (AvgIpc) is 2.25. The molecule has 0 saturated carbocycles. The number of nitrogens with one attached hydrogen (secondary N) is 1. The molecule has 1 nitrogen and oxygen atoms in total. The van der Waals surface area contributed by atoms with Crippen molar-refractivity contribution in [2.45, 2.75) is 41.2 Å². The van der Waals surface area contributed by atoms with Gasteiger partial charge in [0.25, 0.3) is 0 Å². The van der Waals surface area contributed by atoms with Gasteiger partial charge in [0.15, 0.2) is 0 Å². The van der Waals surface area contributed by atoms with Gasteiger partial charge in [0, 0.05) is 6.54 Å². The number of rotatable bonds is 6. The van der Waals surface area contributed by atoms with Gasteiger partial charge in [-0.1, -0.05) is 52.0 Å². The van der Waals surface area contributed by atoms with Crippen LogP contribution in [0.5, 0.6) is 0 Å². The maximum atomic E-state index is 3.61. The molecular formula is C16H27N. The maximum absolute atomic E-state index is 3.61. The third-order valence-corrected chi connectivity index (χ3v) is 3.67. The zero-order valence-corrected chi connectivity index (χ0v) is 12.0. The lowest BCUT2D eigenvalue weighted by Crippen LogP contribution is -2.29. The van der Waals surface area contributed by atoms with Gasteiger partial charge in [-0.05, 0) is 42.3 Å². The van der Waals surface area contributed by atoms with Crippen molar-refractivity contribution < 1.29 is 0 Å². The highest BCUT2D eigenvalue weighted by Crippen LogP contribution is 2.19. The first-order valence-electron chi connectivity index (χ1n) is 6.77. The maximum Gasteiger partial charge on any atom is 0.0208 e. The van der Waals surface area contributed by atoms with Gasteiger partial charge < -0.3 is 5.32 Å². The molecule has 1 rings (SSSR count). The summed E-state index contributed by atoms with van der Waals surface area (Å²) in [6.07, 6.45) is 0. The highest BCUT2D eigenvalue weighted by molar-refractivity contribution is 5.25. The highest BCUT2D eigenvalue weighted by atomic mass is 14.9. The van der Waals surface area contributed by atoms with E-state index in [9.17, 15) is 0 Å². The Hall–Kier alpha value is -0.820. The molecule has 0 fully saturated rings. The second kappa shape index (κ2) is 6.80. The van der Waals surface area contributed by atoms with E-state index < -0.39 is 0 Å². The molecule has 1 N–H and O–H groups in total. The van der Waals surface area contributed by atoms with Crippen LogP contribution in [0.2, 0.25) is 0 Å². The summed E-state index contributed by atoms with van der Waals surface area (Å²) >= 11 is 0. The molecule has 0 unspecified atom stereocenters. The summed E-state index contributed by atoms with van der Waals surface area (Å²) in [7, 11) is 0. The minimum atomic E-state index is 0.749. The van der Waals surface area contributed by atoms with Crippen LogP contribution in [0.15, 0.2) is 24.3 Å². The quantitative estimate of drug-likeness (QED) is 0.782. The van der Waals surface area contributed by atoms with Crippen LogP contribution in [-0.4, -0.2) is 6.54 Å². The molecule has 96 valence electrons. The molecule has 1 heteroatoms. The minimum Gasteiger partial charge on any atom is -0.312 e. The zero-order valence-electron chi connectivity index (χ0n) is 12.0. The van der Waals surface area contributed by atoms with E-state index >= 15 is 0 Å². The van der Waals surface area contributed by atoms with Crippen molar-refractivity contribution in [2.75, 3.05) is 6.54 Å². The standard InChI is InChI=1S/C16H27N/c1-12(2)16(13(3)4)11-17-10-15-9-7-6-8-14(15)5/h6-9,12-13,16-17H,10-11H2,1-5H3. The molecule has 17 heavy (non-hydrogen) atoms. The lowest BCUT2D eigenvalue weighted by atomic mass is 9.85. The van der Waals surface area contributed by atoms with Gasteiger partial charge in [-0.15, -0.1) is 0 Å². The van der Waals surface area contributed by atoms with Crippen molar-refractivity contribution in [3.63, 3.8) is 0 Å². The average molecular weight is 233 g/mol. The number of hydrogen-bond acceptors (Lipinski definition) is 1. The van der Waals surface area contributed by atoms with Crippen molar-refractivity contribution in [1.29, 1.82) is 0 Å². The van der Waals surface area contributed by atoms with E-state index in [0.29, 0.717) is 0 Å². The van der Waals surface area contributed by atoms with E-state index in [-0.39, 0.29) is 0 Å². The third-order valence-electron chi connectivity index (χ3n) is 3.67. The van der Waals surface area contributed by atoms with Gasteiger partial charge in [0.1, 0.15) is 0 Å². The molecule has 0 amide bonds. The molecule has 1 aromatic rings. The van der Waals surface area contributed by atoms with Crippen molar-refractivity contribution in [3.8, 4) is 0 Å². The largest absolute Gasteiger partial charge is 0.312 e. The Bertz CT molecular complexity index is 320. The topological polar surface area (TPSA) is 12.0 Å². The van der Waals surface area contributed by atoms with Crippen molar-refractivity contribution in [3.05, 3.63) is 35.4 Å². The Labute approximate surface area is 107 Å². The summed E-state index contributed by atoms with van der Waals surface area (Å²) in [6, 6.07) is 8.61. The monoisotopic (exact) mass is 233 g/mol. The minimum absolute atomic E-state index is 0.749. The molecule has 1 aromatic carbocycles. The molecule has 0 heterocycles. The molecule has 0 radical (unpaired) electrons. The summed E-state index contributed by atoms with van der Waals surface area (Å²) in [5, 5.41) is 3.61. The van der Waals surface area contributed by atoms with Crippen LogP contribution in [-0.2, 0) is 6.54 Å². The lowest BCUT2D eigenvalue weighted by molar-refractivity contribution is 0.275. The van der Waals surface area contributed by atoms with Crippen LogP contribution in [0.1, 0.15) is 38.8 Å². The van der Waals surface area contributed by atoms with Gasteiger partial charge >= 0.3 is 0 Å². The molecule has 0 bridgehead atoms. The van der Waals surface area contributed by atoms with Gasteiger partial charge in [-0.2, -0.15) is 0 Å². The molecule has 0 atom stereocenters. The van der Waals surface area contributed by atoms with Crippen LogP contribution in [0.3, 0.4) is 0 Å². The normalized spacial score (nSPS) is 11.8. The lowest BCUT2D eigenvalue weighted by Gasteiger charge is -2.25. The molecule has 0 aliphatic carbocycles. The summed E-state index contributed by atoms with van der Waals surface area (Å²) < 4.78 is 0. The van der Waals surface area contributed by atoms with Gasteiger partial charge in [0.05, 0.1) is 0 Å². The van der Waals surface area contributed by atoms with E-state index in [1.54, 1.807) is 0 Å². The second-order valence-electron chi connectivity index (χ2n) is 5.71. The first-order valence-corrected chi connectivity index (χ1v) is 6.77. The van der Waals surface area contributed by atoms with Crippen molar-refractivity contribution >= 4 is 0 Å². The summed E-state index contributed by atoms with van der Waals surface area (Å²) in [5.74, 6) is 2.26. The second-order valence-corrected chi connectivity index (χ2v) is 5.71. The Balaban J connectivity index is 2.44. The Kier molecular flexibility index (Phi) is 5.70. The number of aryl methyl sites for hydroxylation is 1. The van der Waals surface area contributed by atoms with Gasteiger partial charge in [0.2, 0.25) is 0 Å². The fourth-order valence-corrected chi connectivity index (χ4v) is 2.42. The van der Waals surface area contributed by atoms with Crippen LogP contribution in [0.25, 0.3) is 0 Å². The smallest absolute Gasteiger partial charge is 0.0208 e. The van der Waals surface area contributed by atoms with Gasteiger partial charge in [-0.25, -0.2) is 0 Å². The summed E-state index contributed by atoms with van der Waals surface area (Å²) in [4.78, 5) is 0. The van der Waals surface area contributed by atoms with Crippen molar-refractivity contribution in [1.82, 2.24) is 5.32 Å². The van der Waals surface area contributed by atoms with Crippen LogP contribution in [0.4, 0.5) is 0 Å². The van der Waals surface area contributed by atoms with E-state index in [0.717, 1.165) is 30.8 Å². The Morgan fingerprint density at radius 3 is 2.12 bits per heavy atom. The van der Waals surface area contributed by atoms with Crippen molar-refractivity contribution in [2.24, 2.45) is 17.8 Å². The first-order chi connectivity index (χ1) is 8.02. The molecule has 0 aromatic heterocycles.